The predicted molar refractivity (Wildman–Crippen MR) is 37.2 cm³/mol. The molecule has 0 aliphatic carbocycles. The van der Waals surface area contributed by atoms with Gasteiger partial charge in [-0.05, 0) is 12.5 Å². The normalized spacial score (nSPS) is 12.9. The molecule has 0 bridgehead atoms. The van der Waals surface area contributed by atoms with Crippen molar-refractivity contribution in [3.8, 4) is 0 Å². The molecular formula is C5H8O5P+. The second-order valence-corrected chi connectivity index (χ2v) is 2.57. The Balaban J connectivity index is 3.77. The summed E-state index contributed by atoms with van der Waals surface area (Å²) in [6, 6.07) is 0. The van der Waals surface area contributed by atoms with E-state index in [0.29, 0.717) is 5.57 Å². The van der Waals surface area contributed by atoms with Crippen LogP contribution in [0, 0.1) is 0 Å². The summed E-state index contributed by atoms with van der Waals surface area (Å²) in [4.78, 5) is 18.1. The zero-order valence-corrected chi connectivity index (χ0v) is 6.75. The highest BCUT2D eigenvalue weighted by atomic mass is 31.1. The maximum Gasteiger partial charge on any atom is 0.695 e. The molecular weight excluding hydrogens is 171 g/mol. The molecule has 0 spiro atoms. The maximum absolute atomic E-state index is 9.99. The molecule has 0 amide bonds. The Morgan fingerprint density at radius 1 is 1.73 bits per heavy atom. The average Bonchev–Trinajstić information content (AvgIpc) is 1.82. The molecule has 0 aromatic rings. The van der Waals surface area contributed by atoms with Gasteiger partial charge in [-0.1, -0.05) is 0 Å². The highest BCUT2D eigenvalue weighted by Crippen LogP contribution is 2.15. The van der Waals surface area contributed by atoms with Crippen LogP contribution in [0.5, 0.6) is 0 Å². The zero-order chi connectivity index (χ0) is 8.85. The minimum Gasteiger partial charge on any atom is -0.478 e. The molecule has 0 rings (SSSR count). The van der Waals surface area contributed by atoms with Gasteiger partial charge in [0.05, 0.1) is 0 Å². The Kier molecular flexibility index (Phi) is 4.61. The Labute approximate surface area is 64.3 Å². The summed E-state index contributed by atoms with van der Waals surface area (Å²) in [7, 11) is -2.64. The van der Waals surface area contributed by atoms with Gasteiger partial charge in [0.2, 0.25) is 0 Å². The third-order valence-corrected chi connectivity index (χ3v) is 1.12. The lowest BCUT2D eigenvalue weighted by molar-refractivity contribution is -0.131. The van der Waals surface area contributed by atoms with Crippen molar-refractivity contribution >= 4 is 14.2 Å². The first-order valence-corrected chi connectivity index (χ1v) is 3.84. The van der Waals surface area contributed by atoms with Crippen LogP contribution in [0.25, 0.3) is 0 Å². The standard InChI is InChI=1S/C5H7O5P/c1-4(2-5(6)7)3-10-11(8)9/h2H,3H2,1H3,(H-,6,7,8,9)/p+1. The number of carbonyl (C=O) groups is 1. The first-order valence-electron chi connectivity index (χ1n) is 2.71. The summed E-state index contributed by atoms with van der Waals surface area (Å²) < 4.78 is 14.2. The van der Waals surface area contributed by atoms with Crippen molar-refractivity contribution in [2.45, 2.75) is 6.92 Å². The Morgan fingerprint density at radius 3 is 2.64 bits per heavy atom. The van der Waals surface area contributed by atoms with E-state index in [1.165, 1.54) is 6.92 Å². The fourth-order valence-electron chi connectivity index (χ4n) is 0.409. The van der Waals surface area contributed by atoms with Crippen LogP contribution in [-0.4, -0.2) is 22.6 Å². The van der Waals surface area contributed by atoms with Crippen molar-refractivity contribution in [2.24, 2.45) is 0 Å². The summed E-state index contributed by atoms with van der Waals surface area (Å²) >= 11 is 0. The highest BCUT2D eigenvalue weighted by molar-refractivity contribution is 7.32. The number of carboxylic acids is 1. The maximum atomic E-state index is 9.99. The first kappa shape index (κ1) is 10.2. The monoisotopic (exact) mass is 179 g/mol. The Hall–Kier alpha value is -0.770. The van der Waals surface area contributed by atoms with Crippen LogP contribution in [0.3, 0.4) is 0 Å². The van der Waals surface area contributed by atoms with E-state index < -0.39 is 14.2 Å². The van der Waals surface area contributed by atoms with Gasteiger partial charge in [-0.2, -0.15) is 0 Å². The minimum absolute atomic E-state index is 0.141. The number of hydrogen-bond acceptors (Lipinski definition) is 3. The topological polar surface area (TPSA) is 83.8 Å². The highest BCUT2D eigenvalue weighted by Gasteiger charge is 2.11. The lowest BCUT2D eigenvalue weighted by Gasteiger charge is -1.89. The quantitative estimate of drug-likeness (QED) is 0.489. The second-order valence-electron chi connectivity index (χ2n) is 1.84. The second kappa shape index (κ2) is 4.96. The lowest BCUT2D eigenvalue weighted by Crippen LogP contribution is -1.94. The van der Waals surface area contributed by atoms with E-state index in [1.807, 2.05) is 0 Å². The summed E-state index contributed by atoms with van der Waals surface area (Å²) in [6.45, 7) is 1.35. The van der Waals surface area contributed by atoms with Crippen molar-refractivity contribution in [1.29, 1.82) is 0 Å². The van der Waals surface area contributed by atoms with Crippen LogP contribution in [-0.2, 0) is 13.9 Å². The molecule has 62 valence electrons. The summed E-state index contributed by atoms with van der Waals surface area (Å²) in [5.74, 6) is -1.10. The van der Waals surface area contributed by atoms with E-state index in [1.54, 1.807) is 0 Å². The molecule has 0 saturated heterocycles. The van der Waals surface area contributed by atoms with E-state index in [-0.39, 0.29) is 6.61 Å². The molecule has 11 heavy (non-hydrogen) atoms. The van der Waals surface area contributed by atoms with Crippen LogP contribution in [0.1, 0.15) is 6.92 Å². The number of hydrogen-bond donors (Lipinski definition) is 2. The van der Waals surface area contributed by atoms with Crippen LogP contribution >= 0.6 is 8.25 Å². The van der Waals surface area contributed by atoms with Gasteiger partial charge >= 0.3 is 14.2 Å². The molecule has 0 aromatic heterocycles. The van der Waals surface area contributed by atoms with Crippen molar-refractivity contribution < 1.29 is 23.9 Å². The third kappa shape index (κ3) is 7.12. The summed E-state index contributed by atoms with van der Waals surface area (Å²) in [5, 5.41) is 8.18. The Bertz CT molecular complexity index is 197. The summed E-state index contributed by atoms with van der Waals surface area (Å²) in [5.41, 5.74) is 0.384. The molecule has 0 fully saturated rings. The van der Waals surface area contributed by atoms with Crippen LogP contribution in [0.4, 0.5) is 0 Å². The van der Waals surface area contributed by atoms with Crippen molar-refractivity contribution in [3.05, 3.63) is 11.6 Å². The molecule has 0 aliphatic heterocycles. The fraction of sp³-hybridized carbons (Fsp3) is 0.400. The van der Waals surface area contributed by atoms with Crippen molar-refractivity contribution in [1.82, 2.24) is 0 Å². The van der Waals surface area contributed by atoms with Gasteiger partial charge < -0.3 is 5.11 Å². The minimum atomic E-state index is -2.64. The third-order valence-electron chi connectivity index (χ3n) is 0.773. The Morgan fingerprint density at radius 2 is 2.27 bits per heavy atom. The molecule has 0 saturated carbocycles. The molecule has 5 nitrogen and oxygen atoms in total. The predicted octanol–water partition coefficient (Wildman–Crippen LogP) is 0.684. The average molecular weight is 179 g/mol. The number of carboxylic acid groups (broad SMARTS) is 1. The lowest BCUT2D eigenvalue weighted by atomic mass is 10.3. The molecule has 2 N–H and O–H groups in total. The van der Waals surface area contributed by atoms with Gasteiger partial charge in [0, 0.05) is 10.6 Å². The smallest absolute Gasteiger partial charge is 0.478 e. The van der Waals surface area contributed by atoms with E-state index in [4.69, 9.17) is 10.00 Å². The van der Waals surface area contributed by atoms with Crippen LogP contribution < -0.4 is 0 Å². The van der Waals surface area contributed by atoms with Gasteiger partial charge in [-0.3, -0.25) is 0 Å². The van der Waals surface area contributed by atoms with E-state index >= 15 is 0 Å². The molecule has 0 radical (unpaired) electrons. The fourth-order valence-corrected chi connectivity index (χ4v) is 0.724. The van der Waals surface area contributed by atoms with Gasteiger partial charge in [0.1, 0.15) is 6.61 Å². The number of rotatable bonds is 4. The molecule has 1 atom stereocenters. The zero-order valence-electron chi connectivity index (χ0n) is 5.85. The molecule has 6 heteroatoms. The molecule has 0 aliphatic rings. The molecule has 0 aromatic carbocycles. The SMILES string of the molecule is CC(=CC(=O)O)CO[P+](=O)O. The molecule has 0 heterocycles. The summed E-state index contributed by atoms with van der Waals surface area (Å²) in [6.07, 6.45) is 0.916. The van der Waals surface area contributed by atoms with Gasteiger partial charge in [0.25, 0.3) is 0 Å². The number of aliphatic carboxylic acids is 1. The van der Waals surface area contributed by atoms with Gasteiger partial charge in [-0.25, -0.2) is 4.79 Å². The van der Waals surface area contributed by atoms with Gasteiger partial charge in [-0.15, -0.1) is 9.42 Å². The van der Waals surface area contributed by atoms with E-state index in [2.05, 4.69) is 4.52 Å². The van der Waals surface area contributed by atoms with E-state index in [0.717, 1.165) is 6.08 Å². The molecule has 1 unspecified atom stereocenters. The van der Waals surface area contributed by atoms with E-state index in [9.17, 15) is 9.36 Å². The van der Waals surface area contributed by atoms with Crippen molar-refractivity contribution in [2.75, 3.05) is 6.61 Å². The van der Waals surface area contributed by atoms with Crippen LogP contribution in [0.2, 0.25) is 0 Å². The largest absolute Gasteiger partial charge is 0.695 e. The van der Waals surface area contributed by atoms with Crippen molar-refractivity contribution in [3.63, 3.8) is 0 Å². The van der Waals surface area contributed by atoms with Gasteiger partial charge in [0.15, 0.2) is 0 Å². The first-order chi connectivity index (χ1) is 5.02. The van der Waals surface area contributed by atoms with Crippen LogP contribution in [0.15, 0.2) is 11.6 Å².